The number of ether oxygens (including phenoxy) is 2. The zero-order valence-corrected chi connectivity index (χ0v) is 6.46. The molecule has 0 aromatic rings. The topological polar surface area (TPSA) is 52.6 Å². The van der Waals surface area contributed by atoms with E-state index in [1.54, 1.807) is 0 Å². The first-order valence-corrected chi connectivity index (χ1v) is 3.85. The van der Waals surface area contributed by atoms with Crippen LogP contribution >= 0.6 is 0 Å². The summed E-state index contributed by atoms with van der Waals surface area (Å²) in [7, 11) is 0. The highest BCUT2D eigenvalue weighted by atomic mass is 16.5. The standard InChI is InChI=1S/C8H8O4/c9-5-4-12-8(10)7(5)6-2-1-3-11-6/h1-4H2/b7-6-. The Morgan fingerprint density at radius 3 is 2.50 bits per heavy atom. The number of Topliss-reactive ketones (excluding diaryl/α,β-unsaturated/α-hetero) is 1. The first-order valence-electron chi connectivity index (χ1n) is 3.85. The fraction of sp³-hybridized carbons (Fsp3) is 0.500. The van der Waals surface area contributed by atoms with Crippen molar-refractivity contribution in [2.45, 2.75) is 12.8 Å². The average molecular weight is 168 g/mol. The molecule has 0 bridgehead atoms. The summed E-state index contributed by atoms with van der Waals surface area (Å²) in [5.41, 5.74) is 0.132. The van der Waals surface area contributed by atoms with E-state index < -0.39 is 5.97 Å². The Morgan fingerprint density at radius 1 is 1.17 bits per heavy atom. The predicted molar refractivity (Wildman–Crippen MR) is 38.2 cm³/mol. The molecule has 2 fully saturated rings. The Kier molecular flexibility index (Phi) is 1.60. The van der Waals surface area contributed by atoms with Gasteiger partial charge >= 0.3 is 5.97 Å². The maximum Gasteiger partial charge on any atom is 0.345 e. The second-order valence-corrected chi connectivity index (χ2v) is 2.75. The van der Waals surface area contributed by atoms with Crippen LogP contribution in [0.2, 0.25) is 0 Å². The van der Waals surface area contributed by atoms with Crippen molar-refractivity contribution in [2.75, 3.05) is 13.2 Å². The van der Waals surface area contributed by atoms with Crippen molar-refractivity contribution in [1.29, 1.82) is 0 Å². The van der Waals surface area contributed by atoms with E-state index in [1.165, 1.54) is 0 Å². The van der Waals surface area contributed by atoms with Crippen LogP contribution in [0.4, 0.5) is 0 Å². The van der Waals surface area contributed by atoms with Gasteiger partial charge in [-0.2, -0.15) is 0 Å². The van der Waals surface area contributed by atoms with Crippen molar-refractivity contribution in [3.05, 3.63) is 11.3 Å². The normalized spacial score (nSPS) is 29.0. The van der Waals surface area contributed by atoms with E-state index >= 15 is 0 Å². The summed E-state index contributed by atoms with van der Waals surface area (Å²) in [5, 5.41) is 0. The molecule has 64 valence electrons. The number of carbonyl (C=O) groups excluding carboxylic acids is 2. The highest BCUT2D eigenvalue weighted by Gasteiger charge is 2.33. The van der Waals surface area contributed by atoms with Crippen molar-refractivity contribution in [1.82, 2.24) is 0 Å². The Morgan fingerprint density at radius 2 is 2.00 bits per heavy atom. The summed E-state index contributed by atoms with van der Waals surface area (Å²) in [6.45, 7) is 0.473. The monoisotopic (exact) mass is 168 g/mol. The molecule has 2 rings (SSSR count). The molecule has 0 N–H and O–H groups in total. The van der Waals surface area contributed by atoms with Crippen LogP contribution < -0.4 is 0 Å². The molecule has 0 spiro atoms. The highest BCUT2D eigenvalue weighted by Crippen LogP contribution is 2.24. The van der Waals surface area contributed by atoms with Crippen molar-refractivity contribution in [3.63, 3.8) is 0 Å². The van der Waals surface area contributed by atoms with Crippen molar-refractivity contribution in [3.8, 4) is 0 Å². The fourth-order valence-electron chi connectivity index (χ4n) is 1.36. The molecule has 2 aliphatic heterocycles. The number of hydrogen-bond acceptors (Lipinski definition) is 4. The summed E-state index contributed by atoms with van der Waals surface area (Å²) in [6, 6.07) is 0. The number of allylic oxidation sites excluding steroid dienone is 1. The zero-order chi connectivity index (χ0) is 8.55. The molecule has 0 aliphatic carbocycles. The van der Waals surface area contributed by atoms with E-state index in [0.29, 0.717) is 18.8 Å². The minimum absolute atomic E-state index is 0.124. The second kappa shape index (κ2) is 2.62. The predicted octanol–water partition coefficient (Wildman–Crippen LogP) is 0.177. The van der Waals surface area contributed by atoms with E-state index in [1.807, 2.05) is 0 Å². The lowest BCUT2D eigenvalue weighted by Gasteiger charge is -1.98. The summed E-state index contributed by atoms with van der Waals surface area (Å²) >= 11 is 0. The van der Waals surface area contributed by atoms with Gasteiger partial charge in [0.25, 0.3) is 0 Å². The van der Waals surface area contributed by atoms with Gasteiger partial charge in [0.1, 0.15) is 11.3 Å². The molecule has 0 radical (unpaired) electrons. The highest BCUT2D eigenvalue weighted by molar-refractivity contribution is 6.22. The van der Waals surface area contributed by atoms with Gasteiger partial charge in [-0.15, -0.1) is 0 Å². The minimum atomic E-state index is -0.531. The van der Waals surface area contributed by atoms with E-state index in [-0.39, 0.29) is 18.0 Å². The quantitative estimate of drug-likeness (QED) is 0.294. The molecule has 2 heterocycles. The van der Waals surface area contributed by atoms with Gasteiger partial charge < -0.3 is 9.47 Å². The molecule has 4 nitrogen and oxygen atoms in total. The van der Waals surface area contributed by atoms with E-state index in [0.717, 1.165) is 6.42 Å². The molecule has 0 aromatic carbocycles. The van der Waals surface area contributed by atoms with Gasteiger partial charge in [0.15, 0.2) is 6.61 Å². The van der Waals surface area contributed by atoms with Crippen LogP contribution in [0, 0.1) is 0 Å². The molecule has 0 aromatic heterocycles. The van der Waals surface area contributed by atoms with Gasteiger partial charge in [-0.25, -0.2) is 4.79 Å². The molecule has 0 unspecified atom stereocenters. The van der Waals surface area contributed by atoms with Gasteiger partial charge in [0, 0.05) is 6.42 Å². The number of esters is 1. The van der Waals surface area contributed by atoms with Gasteiger partial charge in [-0.1, -0.05) is 0 Å². The number of ketones is 1. The van der Waals surface area contributed by atoms with E-state index in [4.69, 9.17) is 4.74 Å². The molecule has 0 saturated carbocycles. The molecular formula is C8H8O4. The average Bonchev–Trinajstić information content (AvgIpc) is 2.61. The maximum atomic E-state index is 11.1. The first kappa shape index (κ1) is 7.34. The van der Waals surface area contributed by atoms with Gasteiger partial charge in [0.05, 0.1) is 6.61 Å². The van der Waals surface area contributed by atoms with E-state index in [2.05, 4.69) is 4.74 Å². The molecular weight excluding hydrogens is 160 g/mol. The Balaban J connectivity index is 2.35. The molecule has 2 aliphatic rings. The fourth-order valence-corrected chi connectivity index (χ4v) is 1.36. The molecule has 4 heteroatoms. The molecule has 2 saturated heterocycles. The number of rotatable bonds is 0. The maximum absolute atomic E-state index is 11.1. The summed E-state index contributed by atoms with van der Waals surface area (Å²) in [5.74, 6) is -0.267. The Bertz CT molecular complexity index is 251. The SMILES string of the molecule is O=C1COC(=O)/C1=C1/CCCO1. The molecule has 12 heavy (non-hydrogen) atoms. The number of cyclic esters (lactones) is 1. The number of carbonyl (C=O) groups is 2. The Hall–Kier alpha value is -1.32. The second-order valence-electron chi connectivity index (χ2n) is 2.75. The van der Waals surface area contributed by atoms with Crippen LogP contribution in [0.3, 0.4) is 0 Å². The smallest absolute Gasteiger partial charge is 0.345 e. The van der Waals surface area contributed by atoms with Crippen LogP contribution in [0.1, 0.15) is 12.8 Å². The molecule has 0 amide bonds. The third-order valence-electron chi connectivity index (χ3n) is 1.92. The van der Waals surface area contributed by atoms with Crippen molar-refractivity contribution >= 4 is 11.8 Å². The zero-order valence-electron chi connectivity index (χ0n) is 6.46. The lowest BCUT2D eigenvalue weighted by Crippen LogP contribution is -2.05. The third-order valence-corrected chi connectivity index (χ3v) is 1.92. The van der Waals surface area contributed by atoms with Gasteiger partial charge in [-0.3, -0.25) is 4.79 Å². The van der Waals surface area contributed by atoms with Crippen LogP contribution in [0.5, 0.6) is 0 Å². The summed E-state index contributed by atoms with van der Waals surface area (Å²) in [6.07, 6.45) is 1.55. The van der Waals surface area contributed by atoms with Crippen LogP contribution in [-0.4, -0.2) is 25.0 Å². The largest absolute Gasteiger partial charge is 0.497 e. The number of hydrogen-bond donors (Lipinski definition) is 0. The van der Waals surface area contributed by atoms with E-state index in [9.17, 15) is 9.59 Å². The van der Waals surface area contributed by atoms with Crippen LogP contribution in [0.15, 0.2) is 11.3 Å². The lowest BCUT2D eigenvalue weighted by atomic mass is 10.1. The minimum Gasteiger partial charge on any atom is -0.497 e. The van der Waals surface area contributed by atoms with Crippen molar-refractivity contribution in [2.24, 2.45) is 0 Å². The first-order chi connectivity index (χ1) is 5.79. The van der Waals surface area contributed by atoms with Gasteiger partial charge in [-0.05, 0) is 6.42 Å². The Labute approximate surface area is 69.1 Å². The lowest BCUT2D eigenvalue weighted by molar-refractivity contribution is -0.135. The van der Waals surface area contributed by atoms with Crippen LogP contribution in [-0.2, 0) is 19.1 Å². The van der Waals surface area contributed by atoms with Crippen LogP contribution in [0.25, 0.3) is 0 Å². The summed E-state index contributed by atoms with van der Waals surface area (Å²) < 4.78 is 9.70. The van der Waals surface area contributed by atoms with Crippen molar-refractivity contribution < 1.29 is 19.1 Å². The molecule has 0 atom stereocenters. The summed E-state index contributed by atoms with van der Waals surface area (Å²) in [4.78, 5) is 22.1. The van der Waals surface area contributed by atoms with Gasteiger partial charge in [0.2, 0.25) is 5.78 Å². The third kappa shape index (κ3) is 0.995.